The monoisotopic (exact) mass is 393 g/mol. The van der Waals surface area contributed by atoms with Crippen LogP contribution in [0.15, 0.2) is 48.7 Å². The van der Waals surface area contributed by atoms with Gasteiger partial charge < -0.3 is 11.1 Å². The van der Waals surface area contributed by atoms with Gasteiger partial charge in [-0.1, -0.05) is 47.5 Å². The van der Waals surface area contributed by atoms with Gasteiger partial charge in [0.2, 0.25) is 5.95 Å². The lowest BCUT2D eigenvalue weighted by atomic mass is 9.92. The second-order valence-corrected chi connectivity index (χ2v) is 7.83. The maximum atomic E-state index is 6.40. The third-order valence-electron chi connectivity index (χ3n) is 5.19. The number of pyridine rings is 1. The highest BCUT2D eigenvalue weighted by atomic mass is 35.5. The molecule has 2 aromatic heterocycles. The normalized spacial score (nSPS) is 19.4. The van der Waals surface area contributed by atoms with E-state index in [4.69, 9.17) is 22.3 Å². The van der Waals surface area contributed by atoms with Crippen molar-refractivity contribution >= 4 is 17.5 Å². The lowest BCUT2D eigenvalue weighted by Crippen LogP contribution is -2.33. The van der Waals surface area contributed by atoms with E-state index in [-0.39, 0.29) is 0 Å². The average molecular weight is 394 g/mol. The van der Waals surface area contributed by atoms with Gasteiger partial charge in [0.15, 0.2) is 0 Å². The van der Waals surface area contributed by atoms with Crippen LogP contribution in [0.2, 0.25) is 5.02 Å². The summed E-state index contributed by atoms with van der Waals surface area (Å²) in [5.41, 5.74) is 10.5. The van der Waals surface area contributed by atoms with Crippen LogP contribution in [-0.2, 0) is 0 Å². The molecule has 5 nitrogen and oxygen atoms in total. The van der Waals surface area contributed by atoms with Gasteiger partial charge in [-0.15, -0.1) is 0 Å². The van der Waals surface area contributed by atoms with Crippen molar-refractivity contribution in [3.63, 3.8) is 0 Å². The van der Waals surface area contributed by atoms with Crippen LogP contribution in [0.25, 0.3) is 22.6 Å². The van der Waals surface area contributed by atoms with Gasteiger partial charge >= 0.3 is 0 Å². The Bertz CT molecular complexity index is 949. The molecule has 0 bridgehead atoms. The molecule has 1 aliphatic rings. The van der Waals surface area contributed by atoms with E-state index < -0.39 is 0 Å². The molecule has 0 radical (unpaired) electrons. The fraction of sp³-hybridized carbons (Fsp3) is 0.318. The highest BCUT2D eigenvalue weighted by Gasteiger charge is 2.19. The van der Waals surface area contributed by atoms with Crippen molar-refractivity contribution in [3.05, 3.63) is 59.2 Å². The number of nitrogens with two attached hydrogens (primary N) is 1. The van der Waals surface area contributed by atoms with Crippen molar-refractivity contribution in [2.24, 2.45) is 5.73 Å². The van der Waals surface area contributed by atoms with E-state index in [1.165, 1.54) is 5.56 Å². The first-order valence-electron chi connectivity index (χ1n) is 9.67. The lowest BCUT2D eigenvalue weighted by molar-refractivity contribution is 0.410. The minimum Gasteiger partial charge on any atom is -0.351 e. The number of nitrogens with zero attached hydrogens (tertiary/aromatic N) is 3. The summed E-state index contributed by atoms with van der Waals surface area (Å²) < 4.78 is 0. The Hall–Kier alpha value is -2.50. The molecule has 0 unspecified atom stereocenters. The number of hydrogen-bond acceptors (Lipinski definition) is 5. The predicted octanol–water partition coefficient (Wildman–Crippen LogP) is 4.85. The fourth-order valence-corrected chi connectivity index (χ4v) is 3.70. The van der Waals surface area contributed by atoms with Gasteiger partial charge in [-0.05, 0) is 44.7 Å². The number of nitrogens with one attached hydrogen (secondary N) is 1. The molecular weight excluding hydrogens is 370 g/mol. The van der Waals surface area contributed by atoms with E-state index >= 15 is 0 Å². The molecular formula is C22H24ClN5. The molecule has 4 rings (SSSR count). The lowest BCUT2D eigenvalue weighted by Gasteiger charge is -2.26. The van der Waals surface area contributed by atoms with Crippen molar-refractivity contribution in [2.75, 3.05) is 5.32 Å². The van der Waals surface area contributed by atoms with E-state index in [0.717, 1.165) is 42.6 Å². The van der Waals surface area contributed by atoms with E-state index in [2.05, 4.69) is 46.5 Å². The Morgan fingerprint density at radius 1 is 0.964 bits per heavy atom. The summed E-state index contributed by atoms with van der Waals surface area (Å²) in [6, 6.07) is 14.9. The Balaban J connectivity index is 1.60. The highest BCUT2D eigenvalue weighted by molar-refractivity contribution is 6.32. The molecule has 1 saturated carbocycles. The predicted molar refractivity (Wildman–Crippen MR) is 114 cm³/mol. The zero-order valence-electron chi connectivity index (χ0n) is 15.9. The molecule has 144 valence electrons. The number of aromatic nitrogens is 3. The second-order valence-electron chi connectivity index (χ2n) is 7.42. The average Bonchev–Trinajstić information content (AvgIpc) is 2.72. The molecule has 0 saturated heterocycles. The Morgan fingerprint density at radius 3 is 2.43 bits per heavy atom. The molecule has 3 N–H and O–H groups in total. The minimum atomic E-state index is 0.313. The van der Waals surface area contributed by atoms with Crippen LogP contribution in [0.5, 0.6) is 0 Å². The zero-order valence-corrected chi connectivity index (χ0v) is 16.7. The van der Waals surface area contributed by atoms with E-state index in [0.29, 0.717) is 28.7 Å². The molecule has 1 aromatic carbocycles. The molecule has 3 aromatic rings. The quantitative estimate of drug-likeness (QED) is 0.662. The van der Waals surface area contributed by atoms with Crippen LogP contribution in [0.4, 0.5) is 5.95 Å². The molecule has 28 heavy (non-hydrogen) atoms. The van der Waals surface area contributed by atoms with Crippen molar-refractivity contribution in [1.82, 2.24) is 15.0 Å². The van der Waals surface area contributed by atoms with Gasteiger partial charge in [-0.3, -0.25) is 0 Å². The van der Waals surface area contributed by atoms with Gasteiger partial charge in [0.05, 0.1) is 22.6 Å². The molecule has 6 heteroatoms. The Kier molecular flexibility index (Phi) is 5.55. The van der Waals surface area contributed by atoms with Crippen LogP contribution in [0.3, 0.4) is 0 Å². The van der Waals surface area contributed by atoms with Crippen LogP contribution >= 0.6 is 11.6 Å². The third-order valence-corrected chi connectivity index (χ3v) is 5.46. The van der Waals surface area contributed by atoms with Crippen LogP contribution < -0.4 is 11.1 Å². The van der Waals surface area contributed by atoms with Crippen LogP contribution in [0, 0.1) is 6.92 Å². The topological polar surface area (TPSA) is 76.7 Å². The summed E-state index contributed by atoms with van der Waals surface area (Å²) >= 11 is 6.40. The first kappa shape index (κ1) is 18.8. The summed E-state index contributed by atoms with van der Waals surface area (Å²) in [5.74, 6) is 0.586. The number of benzene rings is 1. The minimum absolute atomic E-state index is 0.313. The first-order chi connectivity index (χ1) is 13.6. The summed E-state index contributed by atoms with van der Waals surface area (Å²) in [6.07, 6.45) is 5.75. The summed E-state index contributed by atoms with van der Waals surface area (Å²) in [7, 11) is 0. The maximum Gasteiger partial charge on any atom is 0.223 e. The number of aryl methyl sites for hydroxylation is 1. The van der Waals surface area contributed by atoms with Gasteiger partial charge in [-0.2, -0.15) is 0 Å². The van der Waals surface area contributed by atoms with Gasteiger partial charge in [0.25, 0.3) is 0 Å². The zero-order chi connectivity index (χ0) is 19.5. The van der Waals surface area contributed by atoms with Crippen molar-refractivity contribution < 1.29 is 0 Å². The fourth-order valence-electron chi connectivity index (χ4n) is 3.51. The number of anilines is 1. The summed E-state index contributed by atoms with van der Waals surface area (Å²) in [5, 5.41) is 3.92. The van der Waals surface area contributed by atoms with Gasteiger partial charge in [0, 0.05) is 17.6 Å². The van der Waals surface area contributed by atoms with E-state index in [9.17, 15) is 0 Å². The smallest absolute Gasteiger partial charge is 0.223 e. The molecule has 0 aliphatic heterocycles. The maximum absolute atomic E-state index is 6.40. The number of hydrogen-bond donors (Lipinski definition) is 2. The Labute approximate surface area is 170 Å². The molecule has 2 heterocycles. The van der Waals surface area contributed by atoms with Gasteiger partial charge in [-0.25, -0.2) is 15.0 Å². The largest absolute Gasteiger partial charge is 0.351 e. The van der Waals surface area contributed by atoms with Crippen molar-refractivity contribution in [1.29, 1.82) is 0 Å². The molecule has 1 fully saturated rings. The molecule has 0 atom stereocenters. The third kappa shape index (κ3) is 4.32. The SMILES string of the molecule is Cc1ccc(-c2cccc(-c3nc(NC4CCC(N)CC4)ncc3Cl)n2)cc1. The van der Waals surface area contributed by atoms with Crippen molar-refractivity contribution in [2.45, 2.75) is 44.7 Å². The standard InChI is InChI=1S/C22H24ClN5/c1-14-5-7-15(8-6-14)19-3-2-4-20(27-19)21-18(23)13-25-22(28-21)26-17-11-9-16(24)10-12-17/h2-8,13,16-17H,9-12,24H2,1H3,(H,25,26,28). The van der Waals surface area contributed by atoms with E-state index in [1.807, 2.05) is 18.2 Å². The first-order valence-corrected chi connectivity index (χ1v) is 10.1. The van der Waals surface area contributed by atoms with Gasteiger partial charge in [0.1, 0.15) is 5.69 Å². The highest BCUT2D eigenvalue weighted by Crippen LogP contribution is 2.28. The van der Waals surface area contributed by atoms with Crippen LogP contribution in [-0.4, -0.2) is 27.0 Å². The van der Waals surface area contributed by atoms with Crippen molar-refractivity contribution in [3.8, 4) is 22.6 Å². The molecule has 0 amide bonds. The molecule has 1 aliphatic carbocycles. The second kappa shape index (κ2) is 8.25. The Morgan fingerprint density at radius 2 is 1.68 bits per heavy atom. The number of rotatable bonds is 4. The number of halogens is 1. The summed E-state index contributed by atoms with van der Waals surface area (Å²) in [6.45, 7) is 2.07. The molecule has 0 spiro atoms. The van der Waals surface area contributed by atoms with E-state index in [1.54, 1.807) is 6.20 Å². The summed E-state index contributed by atoms with van der Waals surface area (Å²) in [4.78, 5) is 13.8. The van der Waals surface area contributed by atoms with Crippen LogP contribution in [0.1, 0.15) is 31.2 Å².